The number of halogens is 2. The number of hydrogen-bond donors (Lipinski definition) is 4. The van der Waals surface area contributed by atoms with Crippen LogP contribution in [0.15, 0.2) is 47.5 Å². The highest BCUT2D eigenvalue weighted by molar-refractivity contribution is 6.00. The van der Waals surface area contributed by atoms with Gasteiger partial charge in [-0.1, -0.05) is 12.1 Å². The normalized spacial score (nSPS) is 14.2. The second-order valence-corrected chi connectivity index (χ2v) is 8.13. The van der Waals surface area contributed by atoms with Crippen molar-refractivity contribution < 1.29 is 37.4 Å². The molecular weight excluding hydrogens is 502 g/mol. The molecule has 2 heterocycles. The average Bonchev–Trinajstić information content (AvgIpc) is 3.39. The Kier molecular flexibility index (Phi) is 6.20. The van der Waals surface area contributed by atoms with Gasteiger partial charge in [-0.15, -0.1) is 0 Å². The van der Waals surface area contributed by atoms with Crippen molar-refractivity contribution in [2.75, 3.05) is 38.6 Å². The minimum Gasteiger partial charge on any atom is -0.504 e. The predicted octanol–water partition coefficient (Wildman–Crippen LogP) is 3.15. The van der Waals surface area contributed by atoms with Gasteiger partial charge in [-0.05, 0) is 30.3 Å². The number of nitrogens with one attached hydrogen (secondary N) is 1. The van der Waals surface area contributed by atoms with Gasteiger partial charge in [0.1, 0.15) is 29.7 Å². The lowest BCUT2D eigenvalue weighted by molar-refractivity contribution is -0.135. The molecule has 0 bridgehead atoms. The van der Waals surface area contributed by atoms with Crippen molar-refractivity contribution in [3.05, 3.63) is 65.2 Å². The fourth-order valence-corrected chi connectivity index (χ4v) is 3.61. The number of hydrogen-bond acceptors (Lipinski definition) is 9. The Morgan fingerprint density at radius 1 is 1.24 bits per heavy atom. The highest BCUT2D eigenvalue weighted by Crippen LogP contribution is 2.39. The van der Waals surface area contributed by atoms with Gasteiger partial charge in [0.15, 0.2) is 11.5 Å². The van der Waals surface area contributed by atoms with Crippen LogP contribution in [0, 0.1) is 17.0 Å². The number of carbonyl (C=O) groups is 1. The van der Waals surface area contributed by atoms with Crippen molar-refractivity contribution in [1.82, 2.24) is 9.88 Å². The molecule has 4 rings (SSSR count). The molecule has 0 saturated carbocycles. The van der Waals surface area contributed by atoms with Crippen LogP contribution >= 0.6 is 0 Å². The van der Waals surface area contributed by atoms with Gasteiger partial charge in [0.05, 0.1) is 6.54 Å². The largest absolute Gasteiger partial charge is 0.504 e. The van der Waals surface area contributed by atoms with Crippen LogP contribution in [-0.2, 0) is 4.79 Å². The van der Waals surface area contributed by atoms with Crippen molar-refractivity contribution in [3.63, 3.8) is 0 Å². The summed E-state index contributed by atoms with van der Waals surface area (Å²) in [6.07, 6.45) is 0. The molecular formula is C25H24F2N6O5. The van der Waals surface area contributed by atoms with E-state index < -0.39 is 54.3 Å². The van der Waals surface area contributed by atoms with Gasteiger partial charge in [-0.2, -0.15) is 13.8 Å². The van der Waals surface area contributed by atoms with E-state index in [-0.39, 0.29) is 41.8 Å². The molecule has 1 aliphatic rings. The molecule has 0 unspecified atom stereocenters. The maximum Gasteiger partial charge on any atom is 0.323 e. The number of benzene rings is 2. The van der Waals surface area contributed by atoms with Crippen LogP contribution in [0.3, 0.4) is 0 Å². The molecule has 0 spiro atoms. The van der Waals surface area contributed by atoms with Crippen LogP contribution in [-0.4, -0.2) is 71.4 Å². The molecule has 3 aromatic rings. The Bertz CT molecular complexity index is 1550. The highest BCUT2D eigenvalue weighted by atomic mass is 19.1. The zero-order valence-corrected chi connectivity index (χ0v) is 19.9. The van der Waals surface area contributed by atoms with Gasteiger partial charge < -0.3 is 35.2 Å². The second-order valence-electron chi connectivity index (χ2n) is 8.13. The third kappa shape index (κ3) is 5.40. The molecule has 1 aliphatic heterocycles. The molecule has 2 aromatic carbocycles. The standard InChI is InChI=1S/C25H24F2N6O5/c1-32-9-8-30-23(32)14-4-3-5-15(10-14)37-24-19(26)21(33(2)12-18(35)36)20(27)25(31-24)38-17-11-13(22(28)29)6-7-16(17)34/h3-7,10-11,34H,8-9,12H2,1-2H3,(H3,28,29)(H,35,36)/i1D3. The first-order chi connectivity index (χ1) is 19.3. The van der Waals surface area contributed by atoms with E-state index in [1.807, 2.05) is 0 Å². The molecule has 0 radical (unpaired) electrons. The zero-order chi connectivity index (χ0) is 30.1. The first-order valence-electron chi connectivity index (χ1n) is 12.5. The Hall–Kier alpha value is -4.94. The summed E-state index contributed by atoms with van der Waals surface area (Å²) >= 11 is 0. The Morgan fingerprint density at radius 3 is 2.66 bits per heavy atom. The van der Waals surface area contributed by atoms with Crippen molar-refractivity contribution >= 4 is 23.3 Å². The minimum atomic E-state index is -2.45. The van der Waals surface area contributed by atoms with E-state index in [0.29, 0.717) is 5.56 Å². The van der Waals surface area contributed by atoms with E-state index in [4.69, 9.17) is 24.7 Å². The molecule has 11 nitrogen and oxygen atoms in total. The smallest absolute Gasteiger partial charge is 0.323 e. The van der Waals surface area contributed by atoms with Crippen LogP contribution < -0.4 is 20.1 Å². The summed E-state index contributed by atoms with van der Waals surface area (Å²) in [5.41, 5.74) is 5.09. The minimum absolute atomic E-state index is 0.0280. The van der Waals surface area contributed by atoms with E-state index in [2.05, 4.69) is 9.98 Å². The number of nitrogens with two attached hydrogens (primary N) is 1. The Labute approximate surface area is 220 Å². The third-order valence-electron chi connectivity index (χ3n) is 5.37. The second kappa shape index (κ2) is 10.6. The zero-order valence-electron chi connectivity index (χ0n) is 22.9. The van der Waals surface area contributed by atoms with Crippen LogP contribution in [0.2, 0.25) is 0 Å². The van der Waals surface area contributed by atoms with Crippen molar-refractivity contribution in [2.45, 2.75) is 0 Å². The quantitative estimate of drug-likeness (QED) is 0.241. The number of phenols is 1. The molecule has 0 fully saturated rings. The maximum atomic E-state index is 15.6. The molecule has 13 heteroatoms. The number of phenolic OH excluding ortho intramolecular Hbond substituents is 1. The number of carboxylic acid groups (broad SMARTS) is 1. The lowest BCUT2D eigenvalue weighted by atomic mass is 10.2. The van der Waals surface area contributed by atoms with Crippen LogP contribution in [0.5, 0.6) is 29.0 Å². The molecule has 0 saturated heterocycles. The number of aromatic hydroxyl groups is 1. The molecule has 38 heavy (non-hydrogen) atoms. The summed E-state index contributed by atoms with van der Waals surface area (Å²) in [5, 5.41) is 27.0. The molecule has 198 valence electrons. The number of carboxylic acids is 1. The summed E-state index contributed by atoms with van der Waals surface area (Å²) in [7, 11) is 1.12. The SMILES string of the molecule is [2H]C([2H])([2H])N1CCN=C1c1cccc(Oc2nc(Oc3cc(C(=N)N)ccc3O)c(F)c(N(C)CC(=O)O)c2F)c1. The first kappa shape index (κ1) is 22.3. The predicted molar refractivity (Wildman–Crippen MR) is 135 cm³/mol. The van der Waals surface area contributed by atoms with Crippen molar-refractivity contribution in [3.8, 4) is 29.0 Å². The van der Waals surface area contributed by atoms with Crippen molar-refractivity contribution in [2.24, 2.45) is 10.7 Å². The number of likely N-dealkylation sites (N-methyl/N-ethyl adjacent to an activating group) is 2. The Balaban J connectivity index is 1.77. The third-order valence-corrected chi connectivity index (χ3v) is 5.37. The van der Waals surface area contributed by atoms with Gasteiger partial charge in [0.2, 0.25) is 11.6 Å². The van der Waals surface area contributed by atoms with Gasteiger partial charge in [-0.25, -0.2) is 0 Å². The van der Waals surface area contributed by atoms with E-state index >= 15 is 8.78 Å². The van der Waals surface area contributed by atoms with Gasteiger partial charge in [0.25, 0.3) is 11.8 Å². The number of amidine groups is 2. The van der Waals surface area contributed by atoms with Crippen LogP contribution in [0.4, 0.5) is 14.5 Å². The number of ether oxygens (including phenoxy) is 2. The summed E-state index contributed by atoms with van der Waals surface area (Å²) in [4.78, 5) is 21.2. The topological polar surface area (TPSA) is 158 Å². The number of aliphatic imine (C=N–C) groups is 1. The molecule has 1 aromatic heterocycles. The van der Waals surface area contributed by atoms with Crippen LogP contribution in [0.25, 0.3) is 0 Å². The molecule has 0 amide bonds. The highest BCUT2D eigenvalue weighted by Gasteiger charge is 2.28. The fraction of sp³-hybridized carbons (Fsp3) is 0.200. The molecule has 5 N–H and O–H groups in total. The first-order valence-corrected chi connectivity index (χ1v) is 11.0. The number of pyridine rings is 1. The maximum absolute atomic E-state index is 15.6. The van der Waals surface area contributed by atoms with Crippen LogP contribution in [0.1, 0.15) is 15.2 Å². The van der Waals surface area contributed by atoms with Gasteiger partial charge >= 0.3 is 5.97 Å². The molecule has 0 atom stereocenters. The average molecular weight is 530 g/mol. The Morgan fingerprint density at radius 2 is 1.97 bits per heavy atom. The number of rotatable bonds is 9. The van der Waals surface area contributed by atoms with Crippen molar-refractivity contribution in [1.29, 1.82) is 5.41 Å². The summed E-state index contributed by atoms with van der Waals surface area (Å²) in [6.45, 7) is -2.83. The lowest BCUT2D eigenvalue weighted by Crippen LogP contribution is -2.27. The van der Waals surface area contributed by atoms with Gasteiger partial charge in [0, 0.05) is 35.8 Å². The van der Waals surface area contributed by atoms with E-state index in [9.17, 15) is 15.0 Å². The number of nitrogen functional groups attached to an aromatic ring is 1. The molecule has 0 aliphatic carbocycles. The summed E-state index contributed by atoms with van der Waals surface area (Å²) < 4.78 is 65.3. The van der Waals surface area contributed by atoms with E-state index in [1.165, 1.54) is 24.3 Å². The summed E-state index contributed by atoms with van der Waals surface area (Å²) in [5.74, 6) is -6.91. The van der Waals surface area contributed by atoms with E-state index in [0.717, 1.165) is 29.0 Å². The monoisotopic (exact) mass is 529 g/mol. The lowest BCUT2D eigenvalue weighted by Gasteiger charge is -2.21. The number of nitrogens with zero attached hydrogens (tertiary/aromatic N) is 4. The number of anilines is 1. The van der Waals surface area contributed by atoms with Gasteiger partial charge in [-0.3, -0.25) is 15.2 Å². The number of aliphatic carboxylic acids is 1. The summed E-state index contributed by atoms with van der Waals surface area (Å²) in [6, 6.07) is 9.46. The fourth-order valence-electron chi connectivity index (χ4n) is 3.61. The number of aromatic nitrogens is 1. The van der Waals surface area contributed by atoms with E-state index in [1.54, 1.807) is 6.07 Å².